The molecule has 0 aliphatic rings. The van der Waals surface area contributed by atoms with Gasteiger partial charge < -0.3 is 5.73 Å². The van der Waals surface area contributed by atoms with Gasteiger partial charge in [0.25, 0.3) is 0 Å². The molecule has 1 aromatic heterocycles. The number of hydrogen-bond donors (Lipinski definition) is 2. The smallest absolute Gasteiger partial charge is 0.123 e. The van der Waals surface area contributed by atoms with E-state index in [1.165, 1.54) is 0 Å². The van der Waals surface area contributed by atoms with Gasteiger partial charge in [0.1, 0.15) is 5.84 Å². The number of nitrogen functional groups attached to an aromatic ring is 1. The summed E-state index contributed by atoms with van der Waals surface area (Å²) in [6.07, 6.45) is 3.55. The van der Waals surface area contributed by atoms with Crippen LogP contribution >= 0.6 is 11.8 Å². The van der Waals surface area contributed by atoms with E-state index in [0.29, 0.717) is 0 Å². The lowest BCUT2D eigenvalue weighted by Crippen LogP contribution is -2.12. The predicted octanol–water partition coefficient (Wildman–Crippen LogP) is 2.83. The number of benzene rings is 1. The van der Waals surface area contributed by atoms with E-state index in [2.05, 4.69) is 4.98 Å². The molecule has 2 aromatic rings. The summed E-state index contributed by atoms with van der Waals surface area (Å²) >= 11 is 1.67. The molecule has 17 heavy (non-hydrogen) atoms. The highest BCUT2D eigenvalue weighted by Crippen LogP contribution is 2.28. The fraction of sp³-hybridized carbons (Fsp3) is 0.0769. The van der Waals surface area contributed by atoms with Gasteiger partial charge in [-0.25, -0.2) is 0 Å². The van der Waals surface area contributed by atoms with Crippen LogP contribution < -0.4 is 5.73 Å². The molecule has 0 aliphatic carbocycles. The monoisotopic (exact) mass is 243 g/mol. The number of rotatable bonds is 3. The second kappa shape index (κ2) is 5.01. The van der Waals surface area contributed by atoms with E-state index in [9.17, 15) is 0 Å². The summed E-state index contributed by atoms with van der Waals surface area (Å²) < 4.78 is 0. The molecule has 0 bridgehead atoms. The van der Waals surface area contributed by atoms with Crippen LogP contribution in [0.3, 0.4) is 0 Å². The Labute approximate surface area is 105 Å². The number of nitrogens with two attached hydrogens (primary N) is 1. The van der Waals surface area contributed by atoms with Gasteiger partial charge in [0.2, 0.25) is 0 Å². The number of pyridine rings is 1. The fourth-order valence-electron chi connectivity index (χ4n) is 1.54. The van der Waals surface area contributed by atoms with Crippen LogP contribution in [0.25, 0.3) is 0 Å². The van der Waals surface area contributed by atoms with Crippen LogP contribution in [0.1, 0.15) is 11.1 Å². The summed E-state index contributed by atoms with van der Waals surface area (Å²) in [7, 11) is 0. The van der Waals surface area contributed by atoms with Crippen molar-refractivity contribution in [2.24, 2.45) is 5.73 Å². The highest BCUT2D eigenvalue weighted by Gasteiger charge is 2.03. The summed E-state index contributed by atoms with van der Waals surface area (Å²) in [5.74, 6) is 0.114. The van der Waals surface area contributed by atoms with Crippen molar-refractivity contribution in [3.05, 3.63) is 53.9 Å². The van der Waals surface area contributed by atoms with Crippen molar-refractivity contribution < 1.29 is 0 Å². The van der Waals surface area contributed by atoms with Crippen LogP contribution in [0.15, 0.2) is 52.5 Å². The summed E-state index contributed by atoms with van der Waals surface area (Å²) in [5.41, 5.74) is 7.31. The van der Waals surface area contributed by atoms with Crippen molar-refractivity contribution >= 4 is 17.6 Å². The highest BCUT2D eigenvalue weighted by atomic mass is 32.2. The number of hydrogen-bond acceptors (Lipinski definition) is 3. The molecule has 3 N–H and O–H groups in total. The summed E-state index contributed by atoms with van der Waals surface area (Å²) in [5, 5.41) is 7.43. The van der Waals surface area contributed by atoms with Crippen molar-refractivity contribution in [1.29, 1.82) is 5.41 Å². The van der Waals surface area contributed by atoms with Gasteiger partial charge in [-0.15, -0.1) is 0 Å². The van der Waals surface area contributed by atoms with Crippen LogP contribution in [0.2, 0.25) is 0 Å². The molecule has 0 amide bonds. The fourth-order valence-corrected chi connectivity index (χ4v) is 2.45. The van der Waals surface area contributed by atoms with Crippen LogP contribution in [-0.4, -0.2) is 10.8 Å². The summed E-state index contributed by atoms with van der Waals surface area (Å²) in [6.45, 7) is 1.97. The largest absolute Gasteiger partial charge is 0.384 e. The van der Waals surface area contributed by atoms with E-state index >= 15 is 0 Å². The molecular formula is C13H13N3S. The van der Waals surface area contributed by atoms with Gasteiger partial charge in [-0.3, -0.25) is 10.4 Å². The average Bonchev–Trinajstić information content (AvgIpc) is 2.30. The Morgan fingerprint density at radius 3 is 2.47 bits per heavy atom. The number of aromatic nitrogens is 1. The second-order valence-corrected chi connectivity index (χ2v) is 4.82. The molecule has 4 heteroatoms. The zero-order valence-electron chi connectivity index (χ0n) is 9.47. The van der Waals surface area contributed by atoms with Crippen molar-refractivity contribution in [2.75, 3.05) is 0 Å². The van der Waals surface area contributed by atoms with Gasteiger partial charge in [0.05, 0.1) is 0 Å². The van der Waals surface area contributed by atoms with Gasteiger partial charge >= 0.3 is 0 Å². The van der Waals surface area contributed by atoms with E-state index in [0.717, 1.165) is 20.9 Å². The minimum absolute atomic E-state index is 0.114. The van der Waals surface area contributed by atoms with Crippen LogP contribution in [-0.2, 0) is 0 Å². The van der Waals surface area contributed by atoms with Gasteiger partial charge in [-0.05, 0) is 42.8 Å². The molecular weight excluding hydrogens is 230 g/mol. The Morgan fingerprint density at radius 2 is 1.88 bits per heavy atom. The third-order valence-corrected chi connectivity index (χ3v) is 3.37. The Hall–Kier alpha value is -1.81. The third-order valence-electron chi connectivity index (χ3n) is 2.37. The molecule has 3 nitrogen and oxygen atoms in total. The first-order chi connectivity index (χ1) is 8.16. The van der Waals surface area contributed by atoms with Crippen molar-refractivity contribution in [1.82, 2.24) is 4.98 Å². The zero-order valence-corrected chi connectivity index (χ0v) is 10.3. The maximum absolute atomic E-state index is 7.43. The maximum Gasteiger partial charge on any atom is 0.123 e. The van der Waals surface area contributed by atoms with Crippen LogP contribution in [0, 0.1) is 12.3 Å². The van der Waals surface area contributed by atoms with E-state index < -0.39 is 0 Å². The predicted molar refractivity (Wildman–Crippen MR) is 70.6 cm³/mol. The molecule has 0 saturated heterocycles. The standard InChI is InChI=1S/C13H13N3S/c1-9-8-11(2-3-12(9)13(14)15)17-10-4-6-16-7-5-10/h2-8H,1H3,(H3,14,15). The molecule has 0 spiro atoms. The molecule has 2 rings (SSSR count). The number of nitrogens with zero attached hydrogens (tertiary/aromatic N) is 1. The van der Waals surface area contributed by atoms with E-state index in [-0.39, 0.29) is 5.84 Å². The molecule has 1 aromatic carbocycles. The summed E-state index contributed by atoms with van der Waals surface area (Å²) in [4.78, 5) is 6.27. The Bertz CT molecular complexity index is 538. The van der Waals surface area contributed by atoms with Crippen molar-refractivity contribution in [3.8, 4) is 0 Å². The quantitative estimate of drug-likeness (QED) is 0.643. The Kier molecular flexibility index (Phi) is 3.44. The van der Waals surface area contributed by atoms with Gasteiger partial charge in [0, 0.05) is 27.7 Å². The van der Waals surface area contributed by atoms with E-state index in [1.807, 2.05) is 37.3 Å². The van der Waals surface area contributed by atoms with Crippen molar-refractivity contribution in [2.45, 2.75) is 16.7 Å². The Balaban J connectivity index is 2.24. The third kappa shape index (κ3) is 2.85. The first-order valence-corrected chi connectivity index (χ1v) is 6.01. The second-order valence-electron chi connectivity index (χ2n) is 3.68. The van der Waals surface area contributed by atoms with Crippen LogP contribution in [0.4, 0.5) is 0 Å². The lowest BCUT2D eigenvalue weighted by molar-refractivity contribution is 1.25. The average molecular weight is 243 g/mol. The molecule has 1 heterocycles. The molecule has 0 fully saturated rings. The van der Waals surface area contributed by atoms with Crippen molar-refractivity contribution in [3.63, 3.8) is 0 Å². The topological polar surface area (TPSA) is 62.8 Å². The molecule has 0 atom stereocenters. The lowest BCUT2D eigenvalue weighted by atomic mass is 10.1. The molecule has 0 saturated carbocycles. The molecule has 0 aliphatic heterocycles. The van der Waals surface area contributed by atoms with E-state index in [1.54, 1.807) is 24.2 Å². The number of nitrogens with one attached hydrogen (secondary N) is 1. The first-order valence-electron chi connectivity index (χ1n) is 5.20. The molecule has 0 radical (unpaired) electrons. The van der Waals surface area contributed by atoms with Gasteiger partial charge in [-0.1, -0.05) is 11.8 Å². The number of amidine groups is 1. The minimum Gasteiger partial charge on any atom is -0.384 e. The summed E-state index contributed by atoms with van der Waals surface area (Å²) in [6, 6.07) is 9.86. The number of aryl methyl sites for hydroxylation is 1. The van der Waals surface area contributed by atoms with E-state index in [4.69, 9.17) is 11.1 Å². The SMILES string of the molecule is Cc1cc(Sc2ccncc2)ccc1C(=N)N. The highest BCUT2D eigenvalue weighted by molar-refractivity contribution is 7.99. The minimum atomic E-state index is 0.114. The first kappa shape index (κ1) is 11.7. The van der Waals surface area contributed by atoms with Crippen LogP contribution in [0.5, 0.6) is 0 Å². The zero-order chi connectivity index (χ0) is 12.3. The molecule has 86 valence electrons. The van der Waals surface area contributed by atoms with Gasteiger partial charge in [0.15, 0.2) is 0 Å². The Morgan fingerprint density at radius 1 is 1.18 bits per heavy atom. The normalized spacial score (nSPS) is 10.2. The lowest BCUT2D eigenvalue weighted by Gasteiger charge is -2.06. The molecule has 0 unspecified atom stereocenters. The van der Waals surface area contributed by atoms with Gasteiger partial charge in [-0.2, -0.15) is 0 Å². The maximum atomic E-state index is 7.43.